The first-order chi connectivity index (χ1) is 13.5. The summed E-state index contributed by atoms with van der Waals surface area (Å²) in [7, 11) is 1.55. The molecule has 1 aliphatic heterocycles. The van der Waals surface area contributed by atoms with Gasteiger partial charge >= 0.3 is 5.97 Å². The molecule has 1 unspecified atom stereocenters. The van der Waals surface area contributed by atoms with E-state index in [-0.39, 0.29) is 17.2 Å². The normalized spacial score (nSPS) is 15.6. The Morgan fingerprint density at radius 2 is 1.93 bits per heavy atom. The Kier molecular flexibility index (Phi) is 4.60. The smallest absolute Gasteiger partial charge is 0.346 e. The van der Waals surface area contributed by atoms with Crippen molar-refractivity contribution in [2.24, 2.45) is 0 Å². The van der Waals surface area contributed by atoms with E-state index in [2.05, 4.69) is 5.32 Å². The summed E-state index contributed by atoms with van der Waals surface area (Å²) in [6, 6.07) is 13.2. The van der Waals surface area contributed by atoms with E-state index in [1.54, 1.807) is 49.6 Å². The van der Waals surface area contributed by atoms with Gasteiger partial charge in [0.15, 0.2) is 0 Å². The number of halogens is 1. The lowest BCUT2D eigenvalue weighted by molar-refractivity contribution is -0.116. The van der Waals surface area contributed by atoms with Crippen LogP contribution in [0.4, 0.5) is 10.1 Å². The third kappa shape index (κ3) is 3.03. The van der Waals surface area contributed by atoms with E-state index in [4.69, 9.17) is 4.74 Å². The molecular weight excluding hydrogens is 381 g/mol. The molecule has 0 spiro atoms. The van der Waals surface area contributed by atoms with E-state index in [1.165, 1.54) is 6.07 Å². The van der Waals surface area contributed by atoms with Crippen molar-refractivity contribution in [3.63, 3.8) is 0 Å². The van der Waals surface area contributed by atoms with Crippen LogP contribution in [0.25, 0.3) is 11.1 Å². The maximum Gasteiger partial charge on any atom is 0.346 e. The number of ether oxygens (including phenoxy) is 1. The van der Waals surface area contributed by atoms with Crippen molar-refractivity contribution in [1.82, 2.24) is 0 Å². The lowest BCUT2D eigenvalue weighted by atomic mass is 9.88. The van der Waals surface area contributed by atoms with Gasteiger partial charge in [0.2, 0.25) is 5.91 Å². The largest absolute Gasteiger partial charge is 0.497 e. The lowest BCUT2D eigenvalue weighted by Crippen LogP contribution is -2.23. The average molecular weight is 397 g/mol. The fourth-order valence-corrected chi connectivity index (χ4v) is 4.72. The van der Waals surface area contributed by atoms with Crippen molar-refractivity contribution in [3.8, 4) is 16.9 Å². The van der Waals surface area contributed by atoms with Crippen LogP contribution < -0.4 is 10.1 Å². The van der Waals surface area contributed by atoms with Crippen LogP contribution >= 0.6 is 11.3 Å². The standard InChI is InChI=1S/C21H16FNO4S/c1-27-12-8-6-11(7-9-12)17-18-19(28-20(17)21(25)26)14(10-16(24)23-18)13-4-2-3-5-15(13)22/h2-9,14H,10H2,1H3,(H,23,24)(H,25,26). The van der Waals surface area contributed by atoms with Crippen LogP contribution in [0.1, 0.15) is 32.5 Å². The first kappa shape index (κ1) is 18.2. The average Bonchev–Trinajstić information content (AvgIpc) is 3.07. The molecule has 0 saturated heterocycles. The zero-order valence-electron chi connectivity index (χ0n) is 14.9. The predicted molar refractivity (Wildman–Crippen MR) is 105 cm³/mol. The number of carbonyl (C=O) groups excluding carboxylic acids is 1. The third-order valence-electron chi connectivity index (χ3n) is 4.76. The molecular formula is C21H16FNO4S. The molecule has 0 saturated carbocycles. The van der Waals surface area contributed by atoms with Gasteiger partial charge in [0, 0.05) is 22.8 Å². The highest BCUT2D eigenvalue weighted by atomic mass is 32.1. The first-order valence-corrected chi connectivity index (χ1v) is 9.40. The zero-order valence-corrected chi connectivity index (χ0v) is 15.7. The summed E-state index contributed by atoms with van der Waals surface area (Å²) in [5.74, 6) is -1.67. The second kappa shape index (κ2) is 7.09. The summed E-state index contributed by atoms with van der Waals surface area (Å²) in [6.07, 6.45) is 0.0650. The van der Waals surface area contributed by atoms with Crippen LogP contribution in [-0.2, 0) is 4.79 Å². The van der Waals surface area contributed by atoms with E-state index in [0.717, 1.165) is 11.3 Å². The highest BCUT2D eigenvalue weighted by molar-refractivity contribution is 7.15. The monoisotopic (exact) mass is 397 g/mol. The maximum atomic E-state index is 14.4. The summed E-state index contributed by atoms with van der Waals surface area (Å²) in [5, 5.41) is 12.6. The highest BCUT2D eigenvalue weighted by Gasteiger charge is 2.35. The molecule has 28 heavy (non-hydrogen) atoms. The minimum Gasteiger partial charge on any atom is -0.497 e. The SMILES string of the molecule is COc1ccc(-c2c(C(=O)O)sc3c2NC(=O)CC3c2ccccc2F)cc1. The van der Waals surface area contributed by atoms with Gasteiger partial charge in [-0.1, -0.05) is 30.3 Å². The fraction of sp³-hybridized carbons (Fsp3) is 0.143. The molecule has 142 valence electrons. The molecule has 1 atom stereocenters. The van der Waals surface area contributed by atoms with Gasteiger partial charge in [0.05, 0.1) is 12.8 Å². The molecule has 0 fully saturated rings. The molecule has 4 rings (SSSR count). The first-order valence-electron chi connectivity index (χ1n) is 8.58. The molecule has 3 aromatic rings. The van der Waals surface area contributed by atoms with Crippen molar-refractivity contribution in [3.05, 3.63) is 69.7 Å². The van der Waals surface area contributed by atoms with Gasteiger partial charge in [-0.2, -0.15) is 0 Å². The molecule has 5 nitrogen and oxygen atoms in total. The predicted octanol–water partition coefficient (Wildman–Crippen LogP) is 4.74. The molecule has 0 radical (unpaired) electrons. The molecule has 2 N–H and O–H groups in total. The van der Waals surface area contributed by atoms with Crippen LogP contribution in [-0.4, -0.2) is 24.1 Å². The number of benzene rings is 2. The van der Waals surface area contributed by atoms with Crippen LogP contribution in [0.2, 0.25) is 0 Å². The number of hydrogen-bond donors (Lipinski definition) is 2. The minimum absolute atomic E-state index is 0.0650. The molecule has 1 aromatic heterocycles. The highest BCUT2D eigenvalue weighted by Crippen LogP contribution is 2.49. The lowest BCUT2D eigenvalue weighted by Gasteiger charge is -2.24. The molecule has 2 aromatic carbocycles. The van der Waals surface area contributed by atoms with Crippen molar-refractivity contribution >= 4 is 28.9 Å². The Labute approximate surface area is 164 Å². The molecule has 7 heteroatoms. The van der Waals surface area contributed by atoms with Crippen LogP contribution in [0.5, 0.6) is 5.75 Å². The number of fused-ring (bicyclic) bond motifs is 1. The summed E-state index contributed by atoms with van der Waals surface area (Å²) in [6.45, 7) is 0. The van der Waals surface area contributed by atoms with Crippen LogP contribution in [0, 0.1) is 5.82 Å². The van der Waals surface area contributed by atoms with E-state index < -0.39 is 17.7 Å². The minimum atomic E-state index is -1.09. The number of carboxylic acid groups (broad SMARTS) is 1. The Bertz CT molecular complexity index is 1070. The van der Waals surface area contributed by atoms with Gasteiger partial charge in [-0.25, -0.2) is 9.18 Å². The summed E-state index contributed by atoms with van der Waals surface area (Å²) in [4.78, 5) is 25.1. The number of hydrogen-bond acceptors (Lipinski definition) is 4. The molecule has 1 aliphatic rings. The number of anilines is 1. The van der Waals surface area contributed by atoms with E-state index in [1.807, 2.05) is 0 Å². The molecule has 0 bridgehead atoms. The molecule has 2 heterocycles. The molecule has 1 amide bonds. The fourth-order valence-electron chi connectivity index (χ4n) is 3.48. The Balaban J connectivity index is 1.93. The number of amides is 1. The van der Waals surface area contributed by atoms with Gasteiger partial charge in [0.25, 0.3) is 0 Å². The second-order valence-electron chi connectivity index (χ2n) is 6.41. The van der Waals surface area contributed by atoms with Gasteiger partial charge in [-0.15, -0.1) is 11.3 Å². The number of nitrogens with one attached hydrogen (secondary N) is 1. The van der Waals surface area contributed by atoms with E-state index >= 15 is 0 Å². The van der Waals surface area contributed by atoms with Gasteiger partial charge in [0.1, 0.15) is 16.4 Å². The van der Waals surface area contributed by atoms with E-state index in [0.29, 0.717) is 33.0 Å². The summed E-state index contributed by atoms with van der Waals surface area (Å²) < 4.78 is 19.6. The summed E-state index contributed by atoms with van der Waals surface area (Å²) >= 11 is 1.08. The van der Waals surface area contributed by atoms with Crippen molar-refractivity contribution in [1.29, 1.82) is 0 Å². The Morgan fingerprint density at radius 1 is 1.21 bits per heavy atom. The van der Waals surface area contributed by atoms with Crippen molar-refractivity contribution in [2.45, 2.75) is 12.3 Å². The zero-order chi connectivity index (χ0) is 19.8. The van der Waals surface area contributed by atoms with E-state index in [9.17, 15) is 19.1 Å². The van der Waals surface area contributed by atoms with Crippen molar-refractivity contribution < 1.29 is 23.8 Å². The van der Waals surface area contributed by atoms with Crippen molar-refractivity contribution in [2.75, 3.05) is 12.4 Å². The topological polar surface area (TPSA) is 75.6 Å². The van der Waals surface area contributed by atoms with Gasteiger partial charge in [-0.3, -0.25) is 4.79 Å². The maximum absolute atomic E-state index is 14.4. The van der Waals surface area contributed by atoms with Crippen LogP contribution in [0.3, 0.4) is 0 Å². The number of carbonyl (C=O) groups is 2. The number of methoxy groups -OCH3 is 1. The van der Waals surface area contributed by atoms with Gasteiger partial charge < -0.3 is 15.2 Å². The second-order valence-corrected chi connectivity index (χ2v) is 7.46. The molecule has 0 aliphatic carbocycles. The summed E-state index contributed by atoms with van der Waals surface area (Å²) in [5.41, 5.74) is 1.91. The Hall–Kier alpha value is -3.19. The quantitative estimate of drug-likeness (QED) is 0.667. The third-order valence-corrected chi connectivity index (χ3v) is 6.05. The van der Waals surface area contributed by atoms with Gasteiger partial charge in [-0.05, 0) is 29.3 Å². The number of thiophene rings is 1. The number of carboxylic acids is 1. The Morgan fingerprint density at radius 3 is 2.57 bits per heavy atom. The van der Waals surface area contributed by atoms with Crippen LogP contribution in [0.15, 0.2) is 48.5 Å². The number of aromatic carboxylic acids is 1. The number of rotatable bonds is 4.